The molecule has 0 aliphatic rings. The molecule has 0 aromatic heterocycles. The second-order valence-corrected chi connectivity index (χ2v) is 6.79. The standard InChI is InChI=1S/C18H31NO2/c1-7-8-14(2)13-21-17-11-15(9-10-16(17)20-6)12-19-18(3,4)5/h9-11,14,19H,7-8,12-13H2,1-6H3. The summed E-state index contributed by atoms with van der Waals surface area (Å²) in [5.74, 6) is 2.21. The van der Waals surface area contributed by atoms with Crippen molar-refractivity contribution in [2.24, 2.45) is 5.92 Å². The van der Waals surface area contributed by atoms with E-state index >= 15 is 0 Å². The van der Waals surface area contributed by atoms with Crippen LogP contribution in [0, 0.1) is 5.92 Å². The minimum atomic E-state index is 0.108. The maximum Gasteiger partial charge on any atom is 0.161 e. The third kappa shape index (κ3) is 6.85. The molecule has 1 unspecified atom stereocenters. The Balaban J connectivity index is 2.71. The first-order chi connectivity index (χ1) is 9.85. The fourth-order valence-corrected chi connectivity index (χ4v) is 2.12. The molecule has 0 aliphatic heterocycles. The zero-order chi connectivity index (χ0) is 15.9. The highest BCUT2D eigenvalue weighted by Gasteiger charge is 2.11. The molecule has 0 aliphatic carbocycles. The summed E-state index contributed by atoms with van der Waals surface area (Å²) in [7, 11) is 1.69. The van der Waals surface area contributed by atoms with Crippen molar-refractivity contribution in [1.82, 2.24) is 5.32 Å². The number of benzene rings is 1. The fraction of sp³-hybridized carbons (Fsp3) is 0.667. The van der Waals surface area contributed by atoms with Gasteiger partial charge in [-0.2, -0.15) is 0 Å². The lowest BCUT2D eigenvalue weighted by Crippen LogP contribution is -2.35. The molecule has 0 radical (unpaired) electrons. The Morgan fingerprint density at radius 1 is 1.19 bits per heavy atom. The van der Waals surface area contributed by atoms with Crippen LogP contribution in [0.5, 0.6) is 11.5 Å². The summed E-state index contributed by atoms with van der Waals surface area (Å²) in [6.45, 7) is 12.5. The molecule has 0 spiro atoms. The van der Waals surface area contributed by atoms with Crippen LogP contribution in [0.1, 0.15) is 53.0 Å². The average molecular weight is 293 g/mol. The third-order valence-corrected chi connectivity index (χ3v) is 3.36. The van der Waals surface area contributed by atoms with Crippen molar-refractivity contribution in [3.8, 4) is 11.5 Å². The Hall–Kier alpha value is -1.22. The van der Waals surface area contributed by atoms with Gasteiger partial charge in [-0.1, -0.05) is 26.3 Å². The van der Waals surface area contributed by atoms with Gasteiger partial charge in [0, 0.05) is 12.1 Å². The van der Waals surface area contributed by atoms with Gasteiger partial charge in [0.25, 0.3) is 0 Å². The summed E-state index contributed by atoms with van der Waals surface area (Å²) in [4.78, 5) is 0. The molecule has 0 fully saturated rings. The number of hydrogen-bond donors (Lipinski definition) is 1. The molecule has 1 rings (SSSR count). The van der Waals surface area contributed by atoms with E-state index in [4.69, 9.17) is 9.47 Å². The Bertz CT molecular complexity index is 424. The number of nitrogens with one attached hydrogen (secondary N) is 1. The van der Waals surface area contributed by atoms with Crippen molar-refractivity contribution in [2.45, 2.75) is 59.5 Å². The molecule has 120 valence electrons. The van der Waals surface area contributed by atoms with E-state index in [1.54, 1.807) is 7.11 Å². The van der Waals surface area contributed by atoms with E-state index in [1.807, 2.05) is 6.07 Å². The third-order valence-electron chi connectivity index (χ3n) is 3.36. The number of hydrogen-bond acceptors (Lipinski definition) is 3. The highest BCUT2D eigenvalue weighted by Crippen LogP contribution is 2.29. The van der Waals surface area contributed by atoms with Crippen molar-refractivity contribution < 1.29 is 9.47 Å². The molecule has 0 saturated heterocycles. The molecule has 1 aromatic rings. The molecular weight excluding hydrogens is 262 g/mol. The molecule has 0 bridgehead atoms. The van der Waals surface area contributed by atoms with Gasteiger partial charge in [0.1, 0.15) is 0 Å². The smallest absolute Gasteiger partial charge is 0.161 e. The zero-order valence-corrected chi connectivity index (χ0v) is 14.5. The van der Waals surface area contributed by atoms with E-state index in [0.717, 1.165) is 24.7 Å². The fourth-order valence-electron chi connectivity index (χ4n) is 2.12. The van der Waals surface area contributed by atoms with Crippen LogP contribution in [0.4, 0.5) is 0 Å². The largest absolute Gasteiger partial charge is 0.493 e. The van der Waals surface area contributed by atoms with Gasteiger partial charge < -0.3 is 14.8 Å². The quantitative estimate of drug-likeness (QED) is 0.770. The molecular formula is C18H31NO2. The lowest BCUT2D eigenvalue weighted by molar-refractivity contribution is 0.240. The number of ether oxygens (including phenoxy) is 2. The first-order valence-corrected chi connectivity index (χ1v) is 7.90. The van der Waals surface area contributed by atoms with E-state index in [-0.39, 0.29) is 5.54 Å². The van der Waals surface area contributed by atoms with Crippen molar-refractivity contribution in [3.63, 3.8) is 0 Å². The molecule has 1 aromatic carbocycles. The minimum absolute atomic E-state index is 0.108. The molecule has 0 heterocycles. The Labute approximate surface area is 130 Å². The topological polar surface area (TPSA) is 30.5 Å². The Morgan fingerprint density at radius 3 is 2.48 bits per heavy atom. The van der Waals surface area contributed by atoms with Crippen molar-refractivity contribution in [3.05, 3.63) is 23.8 Å². The highest BCUT2D eigenvalue weighted by atomic mass is 16.5. The van der Waals surface area contributed by atoms with E-state index in [0.29, 0.717) is 5.92 Å². The molecule has 3 heteroatoms. The predicted octanol–water partition coefficient (Wildman–Crippen LogP) is 4.40. The van der Waals surface area contributed by atoms with Crippen LogP contribution in [0.15, 0.2) is 18.2 Å². The molecule has 21 heavy (non-hydrogen) atoms. The van der Waals surface area contributed by atoms with Gasteiger partial charge >= 0.3 is 0 Å². The van der Waals surface area contributed by atoms with Crippen LogP contribution in [0.25, 0.3) is 0 Å². The van der Waals surface area contributed by atoms with Crippen LogP contribution in [-0.4, -0.2) is 19.3 Å². The summed E-state index contributed by atoms with van der Waals surface area (Å²) in [5, 5.41) is 3.49. The van der Waals surface area contributed by atoms with Gasteiger partial charge in [0.15, 0.2) is 11.5 Å². The van der Waals surface area contributed by atoms with Crippen LogP contribution in [0.2, 0.25) is 0 Å². The maximum atomic E-state index is 5.96. The first kappa shape index (κ1) is 17.8. The van der Waals surface area contributed by atoms with Crippen molar-refractivity contribution in [1.29, 1.82) is 0 Å². The van der Waals surface area contributed by atoms with Crippen LogP contribution in [-0.2, 0) is 6.54 Å². The SMILES string of the molecule is CCCC(C)COc1cc(CNC(C)(C)C)ccc1OC. The summed E-state index contributed by atoms with van der Waals surface area (Å²) in [6, 6.07) is 6.15. The van der Waals surface area contributed by atoms with Gasteiger partial charge in [-0.3, -0.25) is 0 Å². The molecule has 0 amide bonds. The van der Waals surface area contributed by atoms with Gasteiger partial charge in [-0.15, -0.1) is 0 Å². The van der Waals surface area contributed by atoms with Crippen LogP contribution < -0.4 is 14.8 Å². The summed E-state index contributed by atoms with van der Waals surface area (Å²) < 4.78 is 11.4. The average Bonchev–Trinajstić information content (AvgIpc) is 2.42. The number of rotatable bonds is 8. The van der Waals surface area contributed by atoms with Gasteiger partial charge in [0.05, 0.1) is 13.7 Å². The highest BCUT2D eigenvalue weighted by molar-refractivity contribution is 5.43. The van der Waals surface area contributed by atoms with Crippen LogP contribution >= 0.6 is 0 Å². The number of methoxy groups -OCH3 is 1. The predicted molar refractivity (Wildman–Crippen MR) is 89.2 cm³/mol. The monoisotopic (exact) mass is 293 g/mol. The summed E-state index contributed by atoms with van der Waals surface area (Å²) >= 11 is 0. The normalized spacial score (nSPS) is 13.0. The second kappa shape index (κ2) is 8.28. The lowest BCUT2D eigenvalue weighted by atomic mass is 10.1. The Kier molecular flexibility index (Phi) is 7.03. The molecule has 3 nitrogen and oxygen atoms in total. The lowest BCUT2D eigenvalue weighted by Gasteiger charge is -2.21. The minimum Gasteiger partial charge on any atom is -0.493 e. The van der Waals surface area contributed by atoms with E-state index in [9.17, 15) is 0 Å². The van der Waals surface area contributed by atoms with Crippen molar-refractivity contribution >= 4 is 0 Å². The van der Waals surface area contributed by atoms with Crippen LogP contribution in [0.3, 0.4) is 0 Å². The van der Waals surface area contributed by atoms with E-state index < -0.39 is 0 Å². The van der Waals surface area contributed by atoms with E-state index in [1.165, 1.54) is 18.4 Å². The van der Waals surface area contributed by atoms with E-state index in [2.05, 4.69) is 52.1 Å². The second-order valence-electron chi connectivity index (χ2n) is 6.79. The summed E-state index contributed by atoms with van der Waals surface area (Å²) in [5.41, 5.74) is 1.32. The van der Waals surface area contributed by atoms with Gasteiger partial charge in [0.2, 0.25) is 0 Å². The Morgan fingerprint density at radius 2 is 1.90 bits per heavy atom. The summed E-state index contributed by atoms with van der Waals surface area (Å²) in [6.07, 6.45) is 2.38. The molecule has 0 saturated carbocycles. The van der Waals surface area contributed by atoms with Crippen molar-refractivity contribution in [2.75, 3.05) is 13.7 Å². The van der Waals surface area contributed by atoms with Gasteiger partial charge in [-0.05, 0) is 50.8 Å². The van der Waals surface area contributed by atoms with Gasteiger partial charge in [-0.25, -0.2) is 0 Å². The zero-order valence-electron chi connectivity index (χ0n) is 14.5. The maximum absolute atomic E-state index is 5.96. The molecule has 1 atom stereocenters. The first-order valence-electron chi connectivity index (χ1n) is 7.90. The molecule has 1 N–H and O–H groups in total.